The topological polar surface area (TPSA) is 87.6 Å². The molecule has 10 heteroatoms. The van der Waals surface area contributed by atoms with E-state index in [0.29, 0.717) is 25.1 Å². The summed E-state index contributed by atoms with van der Waals surface area (Å²) in [6.07, 6.45) is -2.38. The van der Waals surface area contributed by atoms with Crippen LogP contribution in [0.5, 0.6) is 0 Å². The lowest BCUT2D eigenvalue weighted by Crippen LogP contribution is -2.37. The summed E-state index contributed by atoms with van der Waals surface area (Å²) in [5, 5.41) is 8.99. The first kappa shape index (κ1) is 17.2. The lowest BCUT2D eigenvalue weighted by Gasteiger charge is -2.23. The number of hydrogen-bond donors (Lipinski definition) is 1. The summed E-state index contributed by atoms with van der Waals surface area (Å²) in [6.45, 7) is -0.116. The monoisotopic (exact) mass is 364 g/mol. The molecule has 1 N–H and O–H groups in total. The van der Waals surface area contributed by atoms with Gasteiger partial charge in [0, 0.05) is 19.3 Å². The smallest absolute Gasteiger partial charge is 0.417 e. The van der Waals surface area contributed by atoms with Gasteiger partial charge in [0.1, 0.15) is 0 Å². The van der Waals surface area contributed by atoms with Crippen molar-refractivity contribution in [3.8, 4) is 0 Å². The first-order chi connectivity index (χ1) is 11.1. The minimum atomic E-state index is -4.60. The molecular weight excluding hydrogens is 349 g/mol. The summed E-state index contributed by atoms with van der Waals surface area (Å²) in [6, 6.07) is 1.46. The Balaban J connectivity index is 1.88. The maximum Gasteiger partial charge on any atom is 0.417 e. The van der Waals surface area contributed by atoms with Crippen LogP contribution in [0.1, 0.15) is 24.8 Å². The van der Waals surface area contributed by atoms with Crippen LogP contribution >= 0.6 is 0 Å². The molecule has 1 aromatic rings. The maximum atomic E-state index is 12.6. The third-order valence-electron chi connectivity index (χ3n) is 4.93. The average Bonchev–Trinajstić information content (AvgIpc) is 3.04. The van der Waals surface area contributed by atoms with E-state index in [0.717, 1.165) is 16.8 Å². The zero-order chi connectivity index (χ0) is 17.8. The first-order valence-corrected chi connectivity index (χ1v) is 8.78. The van der Waals surface area contributed by atoms with Crippen LogP contribution in [0.2, 0.25) is 0 Å². The van der Waals surface area contributed by atoms with E-state index in [1.54, 1.807) is 0 Å². The third kappa shape index (κ3) is 2.57. The molecule has 0 spiro atoms. The van der Waals surface area contributed by atoms with Crippen LogP contribution in [0.25, 0.3) is 0 Å². The van der Waals surface area contributed by atoms with Crippen molar-refractivity contribution in [3.63, 3.8) is 0 Å². The van der Waals surface area contributed by atoms with Gasteiger partial charge in [0.2, 0.25) is 0 Å². The lowest BCUT2D eigenvalue weighted by atomic mass is 9.81. The summed E-state index contributed by atoms with van der Waals surface area (Å²) in [7, 11) is -4.12. The van der Waals surface area contributed by atoms with Crippen LogP contribution in [0.15, 0.2) is 23.4 Å². The molecular formula is C14H15F3N2O4S. The van der Waals surface area contributed by atoms with E-state index in [9.17, 15) is 31.5 Å². The first-order valence-electron chi connectivity index (χ1n) is 7.34. The van der Waals surface area contributed by atoms with Gasteiger partial charge >= 0.3 is 12.1 Å². The number of nitrogens with zero attached hydrogens (tertiary/aromatic N) is 2. The normalized spacial score (nSPS) is 28.0. The number of aliphatic carboxylic acids is 1. The predicted molar refractivity (Wildman–Crippen MR) is 75.4 cm³/mol. The van der Waals surface area contributed by atoms with Crippen LogP contribution in [-0.4, -0.2) is 41.9 Å². The molecule has 0 radical (unpaired) electrons. The number of aromatic nitrogens is 1. The average molecular weight is 364 g/mol. The van der Waals surface area contributed by atoms with Gasteiger partial charge in [-0.15, -0.1) is 0 Å². The molecule has 3 rings (SSSR count). The van der Waals surface area contributed by atoms with E-state index < -0.39 is 38.2 Å². The van der Waals surface area contributed by atoms with Gasteiger partial charge in [-0.25, -0.2) is 13.4 Å². The Morgan fingerprint density at radius 3 is 2.58 bits per heavy atom. The largest absolute Gasteiger partial charge is 0.481 e. The van der Waals surface area contributed by atoms with E-state index in [4.69, 9.17) is 0 Å². The quantitative estimate of drug-likeness (QED) is 0.886. The van der Waals surface area contributed by atoms with E-state index in [1.807, 2.05) is 0 Å². The fourth-order valence-electron chi connectivity index (χ4n) is 3.61. The highest BCUT2D eigenvalue weighted by Gasteiger charge is 2.57. The third-order valence-corrected chi connectivity index (χ3v) is 6.66. The molecule has 0 bridgehead atoms. The molecule has 2 atom stereocenters. The van der Waals surface area contributed by atoms with Gasteiger partial charge in [-0.05, 0) is 30.9 Å². The minimum absolute atomic E-state index is 0.0529. The van der Waals surface area contributed by atoms with Gasteiger partial charge in [-0.1, -0.05) is 6.42 Å². The molecule has 24 heavy (non-hydrogen) atoms. The van der Waals surface area contributed by atoms with Gasteiger partial charge in [0.15, 0.2) is 5.03 Å². The van der Waals surface area contributed by atoms with E-state index in [2.05, 4.69) is 4.98 Å². The molecule has 0 amide bonds. The standard InChI is InChI=1S/C14H15F3N2O4S/c15-14(16,17)9-3-4-11(18-6-9)24(22,23)19-7-10-2-1-5-13(10,8-19)12(20)21/h3-4,6,10H,1-2,5,7-8H2,(H,20,21)/t10-,13+/m0/s1. The number of pyridine rings is 1. The molecule has 2 fully saturated rings. The molecule has 1 aliphatic heterocycles. The summed E-state index contributed by atoms with van der Waals surface area (Å²) >= 11 is 0. The highest BCUT2D eigenvalue weighted by molar-refractivity contribution is 7.89. The second-order valence-electron chi connectivity index (χ2n) is 6.23. The fourth-order valence-corrected chi connectivity index (χ4v) is 5.08. The number of carboxylic acids is 1. The summed E-state index contributed by atoms with van der Waals surface area (Å²) < 4.78 is 63.8. The Kier molecular flexibility index (Phi) is 3.87. The Morgan fingerprint density at radius 2 is 2.08 bits per heavy atom. The van der Waals surface area contributed by atoms with Crippen LogP contribution in [0.4, 0.5) is 13.2 Å². The minimum Gasteiger partial charge on any atom is -0.481 e. The maximum absolute atomic E-state index is 12.6. The zero-order valence-corrected chi connectivity index (χ0v) is 13.3. The molecule has 6 nitrogen and oxygen atoms in total. The van der Waals surface area contributed by atoms with Gasteiger partial charge in [-0.3, -0.25) is 4.79 Å². The summed E-state index contributed by atoms with van der Waals surface area (Å²) in [4.78, 5) is 15.0. The van der Waals surface area contributed by atoms with Gasteiger partial charge < -0.3 is 5.11 Å². The Hall–Kier alpha value is -1.68. The van der Waals surface area contributed by atoms with Crippen molar-refractivity contribution in [2.75, 3.05) is 13.1 Å². The van der Waals surface area contributed by atoms with Crippen molar-refractivity contribution < 1.29 is 31.5 Å². The predicted octanol–water partition coefficient (Wildman–Crippen LogP) is 1.98. The van der Waals surface area contributed by atoms with Crippen LogP contribution in [0, 0.1) is 11.3 Å². The van der Waals surface area contributed by atoms with Gasteiger partial charge in [0.25, 0.3) is 10.0 Å². The van der Waals surface area contributed by atoms with Crippen molar-refractivity contribution in [2.45, 2.75) is 30.5 Å². The van der Waals surface area contributed by atoms with Crippen molar-refractivity contribution in [2.24, 2.45) is 11.3 Å². The number of halogens is 3. The molecule has 2 heterocycles. The Labute approximate surface area is 136 Å². The second-order valence-corrected chi connectivity index (χ2v) is 8.12. The molecule has 1 aliphatic carbocycles. The Morgan fingerprint density at radius 1 is 1.38 bits per heavy atom. The SMILES string of the molecule is O=C(O)[C@@]12CCC[C@H]1CN(S(=O)(=O)c1ccc(C(F)(F)F)cn1)C2. The zero-order valence-electron chi connectivity index (χ0n) is 12.5. The number of hydrogen-bond acceptors (Lipinski definition) is 4. The highest BCUT2D eigenvalue weighted by atomic mass is 32.2. The second kappa shape index (κ2) is 5.41. The number of sulfonamides is 1. The van der Waals surface area contributed by atoms with Crippen molar-refractivity contribution in [3.05, 3.63) is 23.9 Å². The molecule has 0 unspecified atom stereocenters. The van der Waals surface area contributed by atoms with E-state index in [1.165, 1.54) is 0 Å². The molecule has 1 saturated heterocycles. The van der Waals surface area contributed by atoms with Crippen LogP contribution in [0.3, 0.4) is 0 Å². The lowest BCUT2D eigenvalue weighted by molar-refractivity contribution is -0.149. The number of carbonyl (C=O) groups is 1. The summed E-state index contributed by atoms with van der Waals surface area (Å²) in [5.41, 5.74) is -2.14. The van der Waals surface area contributed by atoms with Crippen molar-refractivity contribution >= 4 is 16.0 Å². The van der Waals surface area contributed by atoms with E-state index in [-0.39, 0.29) is 19.0 Å². The molecule has 132 valence electrons. The Bertz CT molecular complexity index is 763. The number of fused-ring (bicyclic) bond motifs is 1. The number of alkyl halides is 3. The van der Waals surface area contributed by atoms with Crippen molar-refractivity contribution in [1.82, 2.24) is 9.29 Å². The van der Waals surface area contributed by atoms with Gasteiger partial charge in [-0.2, -0.15) is 17.5 Å². The molecule has 1 saturated carbocycles. The number of rotatable bonds is 3. The van der Waals surface area contributed by atoms with Crippen LogP contribution < -0.4 is 0 Å². The fraction of sp³-hybridized carbons (Fsp3) is 0.571. The highest BCUT2D eigenvalue weighted by Crippen LogP contribution is 2.50. The van der Waals surface area contributed by atoms with Crippen molar-refractivity contribution in [1.29, 1.82) is 0 Å². The molecule has 2 aliphatic rings. The van der Waals surface area contributed by atoms with Gasteiger partial charge in [0.05, 0.1) is 11.0 Å². The van der Waals surface area contributed by atoms with E-state index >= 15 is 0 Å². The molecule has 1 aromatic heterocycles. The molecule has 0 aromatic carbocycles. The number of carboxylic acid groups (broad SMARTS) is 1. The van der Waals surface area contributed by atoms with Crippen LogP contribution in [-0.2, 0) is 21.0 Å². The summed E-state index contributed by atoms with van der Waals surface area (Å²) in [5.74, 6) is -1.30.